The molecule has 188 valence electrons. The minimum absolute atomic E-state index is 0.0771. The first-order valence-corrected chi connectivity index (χ1v) is 13.0. The van der Waals surface area contributed by atoms with Gasteiger partial charge in [0.15, 0.2) is 12.4 Å². The number of hydrogen-bond acceptors (Lipinski definition) is 5. The van der Waals surface area contributed by atoms with Gasteiger partial charge in [-0.25, -0.2) is 9.78 Å². The van der Waals surface area contributed by atoms with Crippen LogP contribution in [0.2, 0.25) is 0 Å². The Bertz CT molecular complexity index is 1330. The quantitative estimate of drug-likeness (QED) is 0.309. The standard InChI is InChI=1S/C31H30N2O4/c34-28(35)20-36-27-16-9-14-23-24(27)17-18-25(23)33-19-8-7-15-26(33)31-32-29(21-10-3-1-4-11-21)30(37-31)22-12-5-2-6-13-22/h1-6,9-14,16,25-26H,7-8,15,17-20H2,(H,34,35). The molecule has 2 unspecified atom stereocenters. The van der Waals surface area contributed by atoms with Gasteiger partial charge in [-0.1, -0.05) is 79.2 Å². The lowest BCUT2D eigenvalue weighted by atomic mass is 9.97. The number of hydrogen-bond donors (Lipinski definition) is 1. The molecule has 0 saturated carbocycles. The van der Waals surface area contributed by atoms with E-state index < -0.39 is 5.97 Å². The highest BCUT2D eigenvalue weighted by Crippen LogP contribution is 2.47. The lowest BCUT2D eigenvalue weighted by molar-refractivity contribution is -0.139. The van der Waals surface area contributed by atoms with Crippen LogP contribution in [0.1, 0.15) is 54.8 Å². The van der Waals surface area contributed by atoms with Crippen molar-refractivity contribution in [1.82, 2.24) is 9.88 Å². The largest absolute Gasteiger partial charge is 0.482 e. The fourth-order valence-electron chi connectivity index (χ4n) is 5.87. The first kappa shape index (κ1) is 23.5. The maximum atomic E-state index is 11.1. The second-order valence-electron chi connectivity index (χ2n) is 9.77. The Morgan fingerprint density at radius 3 is 2.43 bits per heavy atom. The monoisotopic (exact) mass is 494 g/mol. The number of nitrogens with zero attached hydrogens (tertiary/aromatic N) is 2. The van der Waals surface area contributed by atoms with E-state index in [1.807, 2.05) is 48.5 Å². The van der Waals surface area contributed by atoms with Gasteiger partial charge >= 0.3 is 5.97 Å². The molecule has 1 aliphatic carbocycles. The summed E-state index contributed by atoms with van der Waals surface area (Å²) in [5, 5.41) is 9.08. The van der Waals surface area contributed by atoms with Gasteiger partial charge in [0, 0.05) is 17.2 Å². The van der Waals surface area contributed by atoms with E-state index in [2.05, 4.69) is 35.2 Å². The number of carboxylic acids is 1. The van der Waals surface area contributed by atoms with E-state index in [9.17, 15) is 4.79 Å². The van der Waals surface area contributed by atoms with Crippen molar-refractivity contribution in [2.24, 2.45) is 0 Å². The number of carbonyl (C=O) groups is 1. The van der Waals surface area contributed by atoms with Crippen LogP contribution in [0, 0.1) is 0 Å². The number of benzene rings is 3. The van der Waals surface area contributed by atoms with Crippen molar-refractivity contribution >= 4 is 5.97 Å². The third-order valence-corrected chi connectivity index (χ3v) is 7.50. The summed E-state index contributed by atoms with van der Waals surface area (Å²) in [5.41, 5.74) is 5.30. The van der Waals surface area contributed by atoms with Crippen LogP contribution in [-0.2, 0) is 11.2 Å². The maximum absolute atomic E-state index is 11.1. The van der Waals surface area contributed by atoms with E-state index in [4.69, 9.17) is 19.2 Å². The molecule has 4 aromatic rings. The molecule has 6 rings (SSSR count). The summed E-state index contributed by atoms with van der Waals surface area (Å²) in [6.45, 7) is 0.646. The molecule has 6 nitrogen and oxygen atoms in total. The van der Waals surface area contributed by atoms with E-state index in [0.29, 0.717) is 5.75 Å². The van der Waals surface area contributed by atoms with Crippen LogP contribution < -0.4 is 4.74 Å². The van der Waals surface area contributed by atoms with Crippen LogP contribution in [0.3, 0.4) is 0 Å². The number of likely N-dealkylation sites (tertiary alicyclic amines) is 1. The Morgan fingerprint density at radius 1 is 0.919 bits per heavy atom. The number of carboxylic acid groups (broad SMARTS) is 1. The van der Waals surface area contributed by atoms with Crippen molar-refractivity contribution in [2.75, 3.05) is 13.2 Å². The van der Waals surface area contributed by atoms with Gasteiger partial charge < -0.3 is 14.3 Å². The Hall–Kier alpha value is -3.90. The lowest BCUT2D eigenvalue weighted by Crippen LogP contribution is -2.36. The normalized spacial score (nSPS) is 19.5. The summed E-state index contributed by atoms with van der Waals surface area (Å²) >= 11 is 0. The molecular formula is C31H30N2O4. The van der Waals surface area contributed by atoms with Gasteiger partial charge in [-0.2, -0.15) is 0 Å². The molecule has 1 fully saturated rings. The van der Waals surface area contributed by atoms with Gasteiger partial charge in [0.05, 0.1) is 6.04 Å². The Morgan fingerprint density at radius 2 is 1.68 bits per heavy atom. The average molecular weight is 495 g/mol. The van der Waals surface area contributed by atoms with Gasteiger partial charge in [-0.05, 0) is 49.4 Å². The molecular weight excluding hydrogens is 464 g/mol. The molecule has 37 heavy (non-hydrogen) atoms. The first-order valence-electron chi connectivity index (χ1n) is 13.0. The van der Waals surface area contributed by atoms with Crippen molar-refractivity contribution in [3.05, 3.63) is 95.9 Å². The summed E-state index contributed by atoms with van der Waals surface area (Å²) in [5.74, 6) is 1.30. The molecule has 2 heterocycles. The van der Waals surface area contributed by atoms with Gasteiger partial charge in [0.2, 0.25) is 5.89 Å². The Balaban J connectivity index is 1.37. The zero-order chi connectivity index (χ0) is 25.2. The van der Waals surface area contributed by atoms with E-state index in [1.165, 1.54) is 5.56 Å². The predicted molar refractivity (Wildman–Crippen MR) is 141 cm³/mol. The van der Waals surface area contributed by atoms with E-state index >= 15 is 0 Å². The predicted octanol–water partition coefficient (Wildman–Crippen LogP) is 6.69. The van der Waals surface area contributed by atoms with Crippen molar-refractivity contribution in [2.45, 2.75) is 44.2 Å². The molecule has 0 radical (unpaired) electrons. The molecule has 1 aliphatic heterocycles. The topological polar surface area (TPSA) is 75.8 Å². The third kappa shape index (κ3) is 4.65. The molecule has 1 N–H and O–H groups in total. The van der Waals surface area contributed by atoms with Crippen LogP contribution in [0.15, 0.2) is 83.3 Å². The summed E-state index contributed by atoms with van der Waals surface area (Å²) in [4.78, 5) is 18.7. The molecule has 2 aliphatic rings. The molecule has 0 amide bonds. The maximum Gasteiger partial charge on any atom is 0.341 e. The van der Waals surface area contributed by atoms with E-state index in [0.717, 1.165) is 72.7 Å². The zero-order valence-electron chi connectivity index (χ0n) is 20.7. The van der Waals surface area contributed by atoms with Crippen molar-refractivity contribution in [1.29, 1.82) is 0 Å². The van der Waals surface area contributed by atoms with Crippen LogP contribution >= 0.6 is 0 Å². The van der Waals surface area contributed by atoms with Gasteiger partial charge in [-0.15, -0.1) is 0 Å². The lowest BCUT2D eigenvalue weighted by Gasteiger charge is -2.38. The number of ether oxygens (including phenoxy) is 1. The number of piperidine rings is 1. The SMILES string of the molecule is O=C(O)COc1cccc2c1CCC2N1CCCCC1c1nc(-c2ccccc2)c(-c2ccccc2)o1. The highest BCUT2D eigenvalue weighted by Gasteiger charge is 2.38. The minimum atomic E-state index is -0.962. The number of aromatic nitrogens is 1. The smallest absolute Gasteiger partial charge is 0.341 e. The molecule has 2 atom stereocenters. The second kappa shape index (κ2) is 10.2. The molecule has 1 saturated heterocycles. The summed E-state index contributed by atoms with van der Waals surface area (Å²) in [7, 11) is 0. The Labute approximate surface area is 216 Å². The van der Waals surface area contributed by atoms with Crippen molar-refractivity contribution in [3.63, 3.8) is 0 Å². The molecule has 6 heteroatoms. The summed E-state index contributed by atoms with van der Waals surface area (Å²) in [6.07, 6.45) is 5.10. The fraction of sp³-hybridized carbons (Fsp3) is 0.290. The highest BCUT2D eigenvalue weighted by molar-refractivity contribution is 5.76. The number of aliphatic carboxylic acids is 1. The van der Waals surface area contributed by atoms with E-state index in [-0.39, 0.29) is 18.7 Å². The van der Waals surface area contributed by atoms with Gasteiger partial charge in [-0.3, -0.25) is 4.90 Å². The van der Waals surface area contributed by atoms with Crippen LogP contribution in [0.5, 0.6) is 5.75 Å². The number of rotatable bonds is 7. The highest BCUT2D eigenvalue weighted by atomic mass is 16.5. The molecule has 3 aromatic carbocycles. The van der Waals surface area contributed by atoms with Gasteiger partial charge in [0.25, 0.3) is 0 Å². The summed E-state index contributed by atoms with van der Waals surface area (Å²) in [6, 6.07) is 26.8. The van der Waals surface area contributed by atoms with Crippen molar-refractivity contribution in [3.8, 4) is 28.3 Å². The summed E-state index contributed by atoms with van der Waals surface area (Å²) < 4.78 is 12.2. The van der Waals surface area contributed by atoms with Crippen LogP contribution in [-0.4, -0.2) is 34.1 Å². The van der Waals surface area contributed by atoms with Crippen LogP contribution in [0.4, 0.5) is 0 Å². The average Bonchev–Trinajstić information content (AvgIpc) is 3.58. The third-order valence-electron chi connectivity index (χ3n) is 7.50. The fourth-order valence-corrected chi connectivity index (χ4v) is 5.87. The number of oxazole rings is 1. The molecule has 0 spiro atoms. The van der Waals surface area contributed by atoms with E-state index in [1.54, 1.807) is 0 Å². The zero-order valence-corrected chi connectivity index (χ0v) is 20.7. The molecule has 0 bridgehead atoms. The second-order valence-corrected chi connectivity index (χ2v) is 9.77. The molecule has 1 aromatic heterocycles. The minimum Gasteiger partial charge on any atom is -0.482 e. The number of fused-ring (bicyclic) bond motifs is 1. The van der Waals surface area contributed by atoms with Crippen LogP contribution in [0.25, 0.3) is 22.6 Å². The van der Waals surface area contributed by atoms with Crippen molar-refractivity contribution < 1.29 is 19.1 Å². The Kier molecular flexibility index (Phi) is 6.49. The first-order chi connectivity index (χ1) is 18.2. The van der Waals surface area contributed by atoms with Gasteiger partial charge in [0.1, 0.15) is 11.4 Å².